The largest absolute Gasteiger partial charge is 0.485 e. The van der Waals surface area contributed by atoms with E-state index in [0.29, 0.717) is 18.0 Å². The first-order valence-electron chi connectivity index (χ1n) is 6.99. The number of nitrogens with one attached hydrogen (secondary N) is 1. The SMILES string of the molecule is CO[C@H](CNC(=O)[C@@H]1COc2ccccc2O1)c1ccsc1. The van der Waals surface area contributed by atoms with Gasteiger partial charge < -0.3 is 19.5 Å². The minimum Gasteiger partial charge on any atom is -0.485 e. The highest BCUT2D eigenvalue weighted by molar-refractivity contribution is 7.07. The number of fused-ring (bicyclic) bond motifs is 1. The molecule has 1 N–H and O–H groups in total. The predicted molar refractivity (Wildman–Crippen MR) is 83.4 cm³/mol. The predicted octanol–water partition coefficient (Wildman–Crippen LogP) is 2.39. The van der Waals surface area contributed by atoms with Crippen LogP contribution in [0.1, 0.15) is 11.7 Å². The number of methoxy groups -OCH3 is 1. The van der Waals surface area contributed by atoms with Crippen molar-refractivity contribution in [2.24, 2.45) is 0 Å². The van der Waals surface area contributed by atoms with E-state index in [9.17, 15) is 4.79 Å². The molecule has 22 heavy (non-hydrogen) atoms. The zero-order valence-electron chi connectivity index (χ0n) is 12.2. The summed E-state index contributed by atoms with van der Waals surface area (Å²) >= 11 is 1.60. The van der Waals surface area contributed by atoms with Gasteiger partial charge in [-0.2, -0.15) is 11.3 Å². The molecule has 0 saturated carbocycles. The van der Waals surface area contributed by atoms with Gasteiger partial charge in [0.2, 0.25) is 6.10 Å². The fourth-order valence-corrected chi connectivity index (χ4v) is 2.95. The van der Waals surface area contributed by atoms with Gasteiger partial charge in [-0.3, -0.25) is 4.79 Å². The molecule has 5 nitrogen and oxygen atoms in total. The first-order chi connectivity index (χ1) is 10.8. The van der Waals surface area contributed by atoms with E-state index in [1.54, 1.807) is 24.5 Å². The molecule has 0 radical (unpaired) electrons. The van der Waals surface area contributed by atoms with Crippen LogP contribution in [0.5, 0.6) is 11.5 Å². The zero-order chi connectivity index (χ0) is 15.4. The van der Waals surface area contributed by atoms with E-state index in [0.717, 1.165) is 5.56 Å². The summed E-state index contributed by atoms with van der Waals surface area (Å²) in [5, 5.41) is 6.85. The molecule has 1 amide bonds. The molecule has 1 aromatic carbocycles. The Labute approximate surface area is 132 Å². The summed E-state index contributed by atoms with van der Waals surface area (Å²) in [6, 6.07) is 9.31. The number of carbonyl (C=O) groups is 1. The van der Waals surface area contributed by atoms with Crippen molar-refractivity contribution in [1.82, 2.24) is 5.32 Å². The second-order valence-electron chi connectivity index (χ2n) is 4.89. The van der Waals surface area contributed by atoms with Gasteiger partial charge in [0.15, 0.2) is 11.5 Å². The van der Waals surface area contributed by atoms with Gasteiger partial charge >= 0.3 is 0 Å². The van der Waals surface area contributed by atoms with E-state index >= 15 is 0 Å². The minimum absolute atomic E-state index is 0.160. The lowest BCUT2D eigenvalue weighted by atomic mass is 10.2. The maximum absolute atomic E-state index is 12.2. The van der Waals surface area contributed by atoms with E-state index in [-0.39, 0.29) is 18.6 Å². The van der Waals surface area contributed by atoms with Crippen LogP contribution in [0.2, 0.25) is 0 Å². The molecule has 0 unspecified atom stereocenters. The maximum atomic E-state index is 12.2. The van der Waals surface area contributed by atoms with Crippen molar-refractivity contribution in [3.8, 4) is 11.5 Å². The third kappa shape index (κ3) is 3.23. The summed E-state index contributed by atoms with van der Waals surface area (Å²) in [5.74, 6) is 1.06. The Hall–Kier alpha value is -2.05. The van der Waals surface area contributed by atoms with Gasteiger partial charge in [-0.1, -0.05) is 12.1 Å². The van der Waals surface area contributed by atoms with Crippen molar-refractivity contribution in [3.05, 3.63) is 46.7 Å². The van der Waals surface area contributed by atoms with Crippen LogP contribution in [-0.2, 0) is 9.53 Å². The molecule has 0 spiro atoms. The molecule has 2 heterocycles. The number of thiophene rings is 1. The number of hydrogen-bond acceptors (Lipinski definition) is 5. The van der Waals surface area contributed by atoms with Gasteiger partial charge in [-0.15, -0.1) is 0 Å². The molecular weight excluding hydrogens is 302 g/mol. The molecule has 1 aliphatic rings. The van der Waals surface area contributed by atoms with E-state index in [1.165, 1.54) is 0 Å². The molecule has 0 aliphatic carbocycles. The van der Waals surface area contributed by atoms with Crippen molar-refractivity contribution in [2.75, 3.05) is 20.3 Å². The van der Waals surface area contributed by atoms with Crippen molar-refractivity contribution in [1.29, 1.82) is 0 Å². The second-order valence-corrected chi connectivity index (χ2v) is 5.67. The fourth-order valence-electron chi connectivity index (χ4n) is 2.25. The minimum atomic E-state index is -0.644. The van der Waals surface area contributed by atoms with Gasteiger partial charge in [0.1, 0.15) is 12.7 Å². The van der Waals surface area contributed by atoms with Gasteiger partial charge in [0, 0.05) is 13.7 Å². The number of para-hydroxylation sites is 2. The van der Waals surface area contributed by atoms with Gasteiger partial charge in [-0.05, 0) is 34.5 Å². The van der Waals surface area contributed by atoms with Gasteiger partial charge in [-0.25, -0.2) is 0 Å². The lowest BCUT2D eigenvalue weighted by Crippen LogP contribution is -2.45. The van der Waals surface area contributed by atoms with Gasteiger partial charge in [0.05, 0.1) is 0 Å². The summed E-state index contributed by atoms with van der Waals surface area (Å²) in [6.07, 6.45) is -0.804. The molecule has 2 aromatic rings. The van der Waals surface area contributed by atoms with Crippen molar-refractivity contribution < 1.29 is 19.0 Å². The first kappa shape index (κ1) is 14.9. The Balaban J connectivity index is 1.57. The number of carbonyl (C=O) groups excluding carboxylic acids is 1. The third-order valence-corrected chi connectivity index (χ3v) is 4.16. The molecule has 0 saturated heterocycles. The summed E-state index contributed by atoms with van der Waals surface area (Å²) in [5.41, 5.74) is 1.05. The van der Waals surface area contributed by atoms with Crippen LogP contribution < -0.4 is 14.8 Å². The van der Waals surface area contributed by atoms with E-state index in [4.69, 9.17) is 14.2 Å². The van der Waals surface area contributed by atoms with E-state index in [2.05, 4.69) is 5.32 Å². The third-order valence-electron chi connectivity index (χ3n) is 3.46. The molecule has 3 rings (SSSR count). The Morgan fingerprint density at radius 3 is 2.95 bits per heavy atom. The lowest BCUT2D eigenvalue weighted by Gasteiger charge is -2.26. The number of benzene rings is 1. The summed E-state index contributed by atoms with van der Waals surface area (Å²) in [7, 11) is 1.63. The average molecular weight is 319 g/mol. The van der Waals surface area contributed by atoms with Crippen molar-refractivity contribution in [3.63, 3.8) is 0 Å². The smallest absolute Gasteiger partial charge is 0.264 e. The summed E-state index contributed by atoms with van der Waals surface area (Å²) in [4.78, 5) is 12.2. The van der Waals surface area contributed by atoms with E-state index < -0.39 is 6.10 Å². The summed E-state index contributed by atoms with van der Waals surface area (Å²) < 4.78 is 16.6. The number of hydrogen-bond donors (Lipinski definition) is 1. The Morgan fingerprint density at radius 2 is 2.23 bits per heavy atom. The number of amides is 1. The maximum Gasteiger partial charge on any atom is 0.264 e. The first-order valence-corrected chi connectivity index (χ1v) is 7.93. The fraction of sp³-hybridized carbons (Fsp3) is 0.312. The van der Waals surface area contributed by atoms with Gasteiger partial charge in [0.25, 0.3) is 5.91 Å². The molecule has 2 atom stereocenters. The van der Waals surface area contributed by atoms with Crippen LogP contribution in [0.4, 0.5) is 0 Å². The Morgan fingerprint density at radius 1 is 1.41 bits per heavy atom. The highest BCUT2D eigenvalue weighted by atomic mass is 32.1. The Bertz CT molecular complexity index is 629. The molecule has 0 bridgehead atoms. The second kappa shape index (κ2) is 6.81. The monoisotopic (exact) mass is 319 g/mol. The molecule has 6 heteroatoms. The topological polar surface area (TPSA) is 56.8 Å². The van der Waals surface area contributed by atoms with Crippen LogP contribution in [0, 0.1) is 0 Å². The number of rotatable bonds is 5. The van der Waals surface area contributed by atoms with Crippen molar-refractivity contribution >= 4 is 17.2 Å². The average Bonchev–Trinajstić information content (AvgIpc) is 3.09. The van der Waals surface area contributed by atoms with Crippen LogP contribution in [0.25, 0.3) is 0 Å². The quantitative estimate of drug-likeness (QED) is 0.919. The highest BCUT2D eigenvalue weighted by Gasteiger charge is 2.27. The Kier molecular flexibility index (Phi) is 4.60. The highest BCUT2D eigenvalue weighted by Crippen LogP contribution is 2.30. The molecule has 1 aromatic heterocycles. The summed E-state index contributed by atoms with van der Waals surface area (Å²) in [6.45, 7) is 0.604. The van der Waals surface area contributed by atoms with Crippen LogP contribution in [0.3, 0.4) is 0 Å². The number of ether oxygens (including phenoxy) is 3. The molecule has 1 aliphatic heterocycles. The zero-order valence-corrected chi connectivity index (χ0v) is 13.0. The lowest BCUT2D eigenvalue weighted by molar-refractivity contribution is -0.130. The molecule has 0 fully saturated rings. The van der Waals surface area contributed by atoms with Crippen LogP contribution in [-0.4, -0.2) is 32.3 Å². The molecular formula is C16H17NO4S. The van der Waals surface area contributed by atoms with Crippen LogP contribution in [0.15, 0.2) is 41.1 Å². The van der Waals surface area contributed by atoms with E-state index in [1.807, 2.05) is 35.0 Å². The molecule has 116 valence electrons. The van der Waals surface area contributed by atoms with Crippen molar-refractivity contribution in [2.45, 2.75) is 12.2 Å². The standard InChI is InChI=1S/C16H17NO4S/c1-19-14(11-6-7-22-10-11)8-17-16(18)15-9-20-12-4-2-3-5-13(12)21-15/h2-7,10,14-15H,8-9H2,1H3,(H,17,18)/t14-,15+/m1/s1. The van der Waals surface area contributed by atoms with Crippen LogP contribution >= 0.6 is 11.3 Å². The normalized spacial score (nSPS) is 17.8.